The third kappa shape index (κ3) is 3.51. The van der Waals surface area contributed by atoms with Crippen molar-refractivity contribution in [2.75, 3.05) is 5.75 Å². The van der Waals surface area contributed by atoms with E-state index < -0.39 is 17.3 Å². The molecule has 1 aromatic carbocycles. The van der Waals surface area contributed by atoms with Gasteiger partial charge in [-0.25, -0.2) is 9.38 Å². The lowest BCUT2D eigenvalue weighted by Gasteiger charge is -2.30. The Balaban J connectivity index is 1.89. The number of allylic oxidation sites excluding steroid dienone is 1. The first-order valence-electron chi connectivity index (χ1n) is 7.80. The summed E-state index contributed by atoms with van der Waals surface area (Å²) in [5, 5.41) is 3.16. The number of nitrogens with one attached hydrogen (secondary N) is 1. The molecule has 2 aliphatic rings. The smallest absolute Gasteiger partial charge is 0.259 e. The minimum atomic E-state index is -0.567. The molecule has 0 spiro atoms. The number of carbonyl (C=O) groups is 1. The number of hydrogen-bond acceptors (Lipinski definition) is 5. The van der Waals surface area contributed by atoms with E-state index in [2.05, 4.69) is 15.3 Å². The van der Waals surface area contributed by atoms with Crippen LogP contribution in [0.4, 0.5) is 4.39 Å². The molecule has 0 bridgehead atoms. The van der Waals surface area contributed by atoms with Gasteiger partial charge in [-0.1, -0.05) is 17.8 Å². The standard InChI is InChI=1S/C17H19FN4OS/c1-17(7-9-24-16(19)22-17)11-5-6-13(18)12(10-11)15(23)21-14-4-2-3-8-20-14/h4-6,8,10H,2-3,7,9H2,1H3,(H2,19,22)(H,21,23). The van der Waals surface area contributed by atoms with E-state index >= 15 is 0 Å². The number of hydrogen-bond donors (Lipinski definition) is 2. The predicted molar refractivity (Wildman–Crippen MR) is 95.7 cm³/mol. The van der Waals surface area contributed by atoms with E-state index in [1.54, 1.807) is 18.3 Å². The van der Waals surface area contributed by atoms with Gasteiger partial charge in [0.15, 0.2) is 5.17 Å². The van der Waals surface area contributed by atoms with E-state index in [0.717, 1.165) is 30.6 Å². The minimum Gasteiger partial charge on any atom is -0.379 e. The Kier molecular flexibility index (Phi) is 4.71. The number of aliphatic imine (C=N–C) groups is 2. The van der Waals surface area contributed by atoms with Crippen LogP contribution in [0.1, 0.15) is 42.1 Å². The molecular formula is C17H19FN4OS. The molecule has 5 nitrogen and oxygen atoms in total. The SMILES string of the molecule is CC1(c2ccc(F)c(C(=O)NC3=CCCC=N3)c2)CCSC(N)=N1. The monoisotopic (exact) mass is 346 g/mol. The summed E-state index contributed by atoms with van der Waals surface area (Å²) in [7, 11) is 0. The molecule has 0 aliphatic carbocycles. The Bertz CT molecular complexity index is 759. The number of amides is 1. The summed E-state index contributed by atoms with van der Waals surface area (Å²) in [6, 6.07) is 4.53. The molecule has 0 fully saturated rings. The van der Waals surface area contributed by atoms with Crippen LogP contribution < -0.4 is 11.1 Å². The number of benzene rings is 1. The first-order chi connectivity index (χ1) is 11.5. The number of amidine groups is 1. The fourth-order valence-electron chi connectivity index (χ4n) is 2.71. The molecule has 0 aromatic heterocycles. The van der Waals surface area contributed by atoms with Crippen molar-refractivity contribution in [3.8, 4) is 0 Å². The average molecular weight is 346 g/mol. The number of thioether (sulfide) groups is 1. The van der Waals surface area contributed by atoms with Gasteiger partial charge >= 0.3 is 0 Å². The van der Waals surface area contributed by atoms with Crippen LogP contribution in [0.3, 0.4) is 0 Å². The molecule has 3 N–H and O–H groups in total. The molecule has 1 aromatic rings. The Morgan fingerprint density at radius 2 is 2.25 bits per heavy atom. The topological polar surface area (TPSA) is 79.8 Å². The zero-order valence-electron chi connectivity index (χ0n) is 13.4. The van der Waals surface area contributed by atoms with Crippen LogP contribution in [-0.4, -0.2) is 23.0 Å². The van der Waals surface area contributed by atoms with Crippen molar-refractivity contribution in [3.63, 3.8) is 0 Å². The van der Waals surface area contributed by atoms with Gasteiger partial charge in [0.05, 0.1) is 11.1 Å². The van der Waals surface area contributed by atoms with Gasteiger partial charge in [-0.15, -0.1) is 0 Å². The Morgan fingerprint density at radius 1 is 1.42 bits per heavy atom. The van der Waals surface area contributed by atoms with E-state index in [9.17, 15) is 9.18 Å². The predicted octanol–water partition coefficient (Wildman–Crippen LogP) is 2.93. The van der Waals surface area contributed by atoms with Crippen LogP contribution in [-0.2, 0) is 5.54 Å². The van der Waals surface area contributed by atoms with Crippen molar-refractivity contribution < 1.29 is 9.18 Å². The van der Waals surface area contributed by atoms with Gasteiger partial charge in [0, 0.05) is 12.0 Å². The van der Waals surface area contributed by atoms with Gasteiger partial charge in [0.2, 0.25) is 0 Å². The fraction of sp³-hybridized carbons (Fsp3) is 0.353. The van der Waals surface area contributed by atoms with Crippen molar-refractivity contribution in [2.24, 2.45) is 15.7 Å². The summed E-state index contributed by atoms with van der Waals surface area (Å²) in [4.78, 5) is 21.0. The second-order valence-electron chi connectivity index (χ2n) is 5.95. The zero-order chi connectivity index (χ0) is 17.2. The van der Waals surface area contributed by atoms with Crippen molar-refractivity contribution >= 4 is 29.1 Å². The number of nitrogens with zero attached hydrogens (tertiary/aromatic N) is 2. The molecule has 126 valence electrons. The number of rotatable bonds is 3. The van der Waals surface area contributed by atoms with Crippen molar-refractivity contribution in [2.45, 2.75) is 31.7 Å². The third-order valence-electron chi connectivity index (χ3n) is 4.13. The molecule has 1 atom stereocenters. The van der Waals surface area contributed by atoms with Crippen LogP contribution in [0.15, 0.2) is 40.1 Å². The molecule has 24 heavy (non-hydrogen) atoms. The van der Waals surface area contributed by atoms with Crippen molar-refractivity contribution in [3.05, 3.63) is 47.0 Å². The van der Waals surface area contributed by atoms with E-state index in [1.807, 2.05) is 13.0 Å². The highest BCUT2D eigenvalue weighted by Crippen LogP contribution is 2.35. The van der Waals surface area contributed by atoms with Crippen LogP contribution in [0.25, 0.3) is 0 Å². The van der Waals surface area contributed by atoms with E-state index in [0.29, 0.717) is 11.0 Å². The number of nitrogens with two attached hydrogens (primary N) is 1. The molecular weight excluding hydrogens is 327 g/mol. The van der Waals surface area contributed by atoms with E-state index in [4.69, 9.17) is 5.73 Å². The summed E-state index contributed by atoms with van der Waals surface area (Å²) < 4.78 is 14.2. The maximum atomic E-state index is 14.2. The Hall–Kier alpha value is -2.15. The van der Waals surface area contributed by atoms with Crippen LogP contribution >= 0.6 is 11.8 Å². The van der Waals surface area contributed by atoms with E-state index in [1.165, 1.54) is 17.8 Å². The van der Waals surface area contributed by atoms with Crippen molar-refractivity contribution in [1.29, 1.82) is 0 Å². The first kappa shape index (κ1) is 16.7. The third-order valence-corrected chi connectivity index (χ3v) is 4.93. The van der Waals surface area contributed by atoms with Gasteiger partial charge in [-0.05, 0) is 50.0 Å². The summed E-state index contributed by atoms with van der Waals surface area (Å²) >= 11 is 1.50. The molecule has 0 radical (unpaired) electrons. The highest BCUT2D eigenvalue weighted by molar-refractivity contribution is 8.13. The molecule has 2 heterocycles. The molecule has 7 heteroatoms. The fourth-order valence-corrected chi connectivity index (χ4v) is 3.68. The molecule has 1 unspecified atom stereocenters. The maximum absolute atomic E-state index is 14.2. The Labute approximate surface area is 144 Å². The van der Waals surface area contributed by atoms with Crippen LogP contribution in [0, 0.1) is 5.82 Å². The molecule has 3 rings (SSSR count). The summed E-state index contributed by atoms with van der Waals surface area (Å²) in [5.41, 5.74) is 6.06. The lowest BCUT2D eigenvalue weighted by Crippen LogP contribution is -2.30. The lowest BCUT2D eigenvalue weighted by atomic mass is 9.88. The van der Waals surface area contributed by atoms with E-state index in [-0.39, 0.29) is 5.56 Å². The van der Waals surface area contributed by atoms with Gasteiger partial charge in [0.1, 0.15) is 11.6 Å². The highest BCUT2D eigenvalue weighted by Gasteiger charge is 2.30. The zero-order valence-corrected chi connectivity index (χ0v) is 14.2. The normalized spacial score (nSPS) is 23.4. The van der Waals surface area contributed by atoms with Crippen LogP contribution in [0.5, 0.6) is 0 Å². The quantitative estimate of drug-likeness (QED) is 0.883. The average Bonchev–Trinajstić information content (AvgIpc) is 2.55. The first-order valence-corrected chi connectivity index (χ1v) is 8.79. The van der Waals surface area contributed by atoms with Gasteiger partial charge in [-0.2, -0.15) is 0 Å². The highest BCUT2D eigenvalue weighted by atomic mass is 32.2. The van der Waals surface area contributed by atoms with Crippen LogP contribution in [0.2, 0.25) is 0 Å². The molecule has 0 saturated carbocycles. The second-order valence-corrected chi connectivity index (χ2v) is 7.06. The summed E-state index contributed by atoms with van der Waals surface area (Å²) in [5.74, 6) is 0.221. The Morgan fingerprint density at radius 3 is 2.96 bits per heavy atom. The van der Waals surface area contributed by atoms with Gasteiger partial charge < -0.3 is 11.1 Å². The lowest BCUT2D eigenvalue weighted by molar-refractivity contribution is 0.0961. The summed E-state index contributed by atoms with van der Waals surface area (Å²) in [6.45, 7) is 1.95. The molecule has 2 aliphatic heterocycles. The van der Waals surface area contributed by atoms with Gasteiger partial charge in [-0.3, -0.25) is 9.79 Å². The number of halogens is 1. The minimum absolute atomic E-state index is 0.0117. The molecule has 1 amide bonds. The van der Waals surface area contributed by atoms with Crippen molar-refractivity contribution in [1.82, 2.24) is 5.32 Å². The second kappa shape index (κ2) is 6.76. The van der Waals surface area contributed by atoms with Gasteiger partial charge in [0.25, 0.3) is 5.91 Å². The molecule has 0 saturated heterocycles. The number of carbonyl (C=O) groups excluding carboxylic acids is 1. The largest absolute Gasteiger partial charge is 0.379 e. The summed E-state index contributed by atoms with van der Waals surface area (Å²) in [6.07, 6.45) is 6.00. The maximum Gasteiger partial charge on any atom is 0.259 e.